The third-order valence-corrected chi connectivity index (χ3v) is 5.56. The van der Waals surface area contributed by atoms with Crippen molar-refractivity contribution in [2.24, 2.45) is 5.92 Å². The van der Waals surface area contributed by atoms with E-state index in [9.17, 15) is 4.79 Å². The molecule has 1 atom stereocenters. The van der Waals surface area contributed by atoms with E-state index in [1.54, 1.807) is 16.0 Å². The van der Waals surface area contributed by atoms with E-state index in [0.29, 0.717) is 18.0 Å². The van der Waals surface area contributed by atoms with Crippen molar-refractivity contribution in [3.63, 3.8) is 0 Å². The first-order chi connectivity index (χ1) is 12.8. The fourth-order valence-corrected chi connectivity index (χ4v) is 4.00. The SMILES string of the molecule is Cl.O=C(NCC1CCCNC1)c1cn(-c2ccccc2)nc1-c1cccs1. The Morgan fingerprint density at radius 1 is 1.26 bits per heavy atom. The zero-order chi connectivity index (χ0) is 17.8. The molecule has 3 heterocycles. The van der Waals surface area contributed by atoms with Gasteiger partial charge in [-0.1, -0.05) is 24.3 Å². The second-order valence-corrected chi connectivity index (χ2v) is 7.52. The maximum absolute atomic E-state index is 12.9. The minimum Gasteiger partial charge on any atom is -0.352 e. The van der Waals surface area contributed by atoms with Crippen LogP contribution >= 0.6 is 23.7 Å². The number of nitrogens with one attached hydrogen (secondary N) is 2. The molecule has 142 valence electrons. The van der Waals surface area contributed by atoms with E-state index >= 15 is 0 Å². The number of rotatable bonds is 5. The Kier molecular flexibility index (Phi) is 6.66. The second-order valence-electron chi connectivity index (χ2n) is 6.57. The van der Waals surface area contributed by atoms with Crippen molar-refractivity contribution in [2.75, 3.05) is 19.6 Å². The van der Waals surface area contributed by atoms with E-state index in [-0.39, 0.29) is 18.3 Å². The van der Waals surface area contributed by atoms with Crippen LogP contribution in [0.4, 0.5) is 0 Å². The van der Waals surface area contributed by atoms with E-state index in [1.807, 2.05) is 54.0 Å². The standard InChI is InChI=1S/C20H22N4OS.ClH/c25-20(22-13-15-6-4-10-21-12-15)17-14-24(16-7-2-1-3-8-16)23-19(17)18-9-5-11-26-18;/h1-3,5,7-9,11,14-15,21H,4,6,10,12-13H2,(H,22,25);1H. The molecule has 4 rings (SSSR count). The highest BCUT2D eigenvalue weighted by Crippen LogP contribution is 2.27. The lowest BCUT2D eigenvalue weighted by Gasteiger charge is -2.22. The van der Waals surface area contributed by atoms with Crippen LogP contribution in [0.25, 0.3) is 16.3 Å². The molecule has 0 saturated carbocycles. The number of hydrogen-bond donors (Lipinski definition) is 2. The van der Waals surface area contributed by atoms with Crippen molar-refractivity contribution in [1.82, 2.24) is 20.4 Å². The van der Waals surface area contributed by atoms with Crippen LogP contribution in [0.5, 0.6) is 0 Å². The minimum absolute atomic E-state index is 0. The van der Waals surface area contributed by atoms with Crippen LogP contribution in [0.3, 0.4) is 0 Å². The number of aromatic nitrogens is 2. The number of hydrogen-bond acceptors (Lipinski definition) is 4. The summed E-state index contributed by atoms with van der Waals surface area (Å²) in [5, 5.41) is 13.2. The quantitative estimate of drug-likeness (QED) is 0.683. The van der Waals surface area contributed by atoms with Crippen molar-refractivity contribution in [2.45, 2.75) is 12.8 Å². The van der Waals surface area contributed by atoms with E-state index in [1.165, 1.54) is 6.42 Å². The molecule has 27 heavy (non-hydrogen) atoms. The maximum Gasteiger partial charge on any atom is 0.255 e. The summed E-state index contributed by atoms with van der Waals surface area (Å²) in [6, 6.07) is 13.9. The third kappa shape index (κ3) is 4.58. The lowest BCUT2D eigenvalue weighted by atomic mass is 9.99. The Morgan fingerprint density at radius 2 is 2.11 bits per heavy atom. The molecule has 5 nitrogen and oxygen atoms in total. The predicted octanol–water partition coefficient (Wildman–Crippen LogP) is 3.75. The lowest BCUT2D eigenvalue weighted by Crippen LogP contribution is -2.38. The normalized spacial score (nSPS) is 16.5. The first-order valence-electron chi connectivity index (χ1n) is 8.99. The Labute approximate surface area is 169 Å². The molecule has 3 aromatic rings. The highest BCUT2D eigenvalue weighted by Gasteiger charge is 2.21. The van der Waals surface area contributed by atoms with Gasteiger partial charge in [0.2, 0.25) is 0 Å². The number of nitrogens with zero attached hydrogens (tertiary/aromatic N) is 2. The Morgan fingerprint density at radius 3 is 2.81 bits per heavy atom. The highest BCUT2D eigenvalue weighted by molar-refractivity contribution is 7.13. The van der Waals surface area contributed by atoms with Crippen LogP contribution in [0.1, 0.15) is 23.2 Å². The van der Waals surface area contributed by atoms with Crippen molar-refractivity contribution < 1.29 is 4.79 Å². The van der Waals surface area contributed by atoms with Gasteiger partial charge in [-0.05, 0) is 55.4 Å². The number of para-hydroxylation sites is 1. The number of halogens is 1. The summed E-state index contributed by atoms with van der Waals surface area (Å²) in [4.78, 5) is 13.9. The fraction of sp³-hybridized carbons (Fsp3) is 0.300. The molecule has 1 aliphatic heterocycles. The molecule has 0 spiro atoms. The number of carbonyl (C=O) groups is 1. The van der Waals surface area contributed by atoms with Crippen LogP contribution in [0, 0.1) is 5.92 Å². The van der Waals surface area contributed by atoms with Crippen LogP contribution in [-0.2, 0) is 0 Å². The van der Waals surface area contributed by atoms with Gasteiger partial charge in [0.15, 0.2) is 0 Å². The zero-order valence-corrected chi connectivity index (χ0v) is 16.6. The number of benzene rings is 1. The molecule has 1 fully saturated rings. The fourth-order valence-electron chi connectivity index (χ4n) is 3.28. The molecule has 2 N–H and O–H groups in total. The van der Waals surface area contributed by atoms with Gasteiger partial charge in [-0.3, -0.25) is 4.79 Å². The Hall–Kier alpha value is -2.15. The molecule has 2 aromatic heterocycles. The van der Waals surface area contributed by atoms with E-state index in [0.717, 1.165) is 35.8 Å². The molecule has 0 aliphatic carbocycles. The van der Waals surface area contributed by atoms with Gasteiger partial charge < -0.3 is 10.6 Å². The zero-order valence-electron chi connectivity index (χ0n) is 14.9. The molecule has 1 amide bonds. The smallest absolute Gasteiger partial charge is 0.255 e. The van der Waals surface area contributed by atoms with Gasteiger partial charge in [-0.2, -0.15) is 5.10 Å². The maximum atomic E-state index is 12.9. The van der Waals surface area contributed by atoms with E-state index < -0.39 is 0 Å². The van der Waals surface area contributed by atoms with Crippen molar-refractivity contribution >= 4 is 29.7 Å². The Bertz CT molecular complexity index is 858. The van der Waals surface area contributed by atoms with Gasteiger partial charge in [-0.15, -0.1) is 23.7 Å². The van der Waals surface area contributed by atoms with Crippen LogP contribution in [0.15, 0.2) is 54.0 Å². The predicted molar refractivity (Wildman–Crippen MR) is 112 cm³/mol. The van der Waals surface area contributed by atoms with Gasteiger partial charge in [0, 0.05) is 12.7 Å². The average molecular weight is 403 g/mol. The highest BCUT2D eigenvalue weighted by atomic mass is 35.5. The number of amides is 1. The summed E-state index contributed by atoms with van der Waals surface area (Å²) in [7, 11) is 0. The average Bonchev–Trinajstić information content (AvgIpc) is 3.37. The number of thiophene rings is 1. The lowest BCUT2D eigenvalue weighted by molar-refractivity contribution is 0.0945. The topological polar surface area (TPSA) is 59.0 Å². The minimum atomic E-state index is -0.0545. The Balaban J connectivity index is 0.00000210. The monoisotopic (exact) mass is 402 g/mol. The van der Waals surface area contributed by atoms with Crippen LogP contribution in [-0.4, -0.2) is 35.3 Å². The van der Waals surface area contributed by atoms with Gasteiger partial charge in [0.1, 0.15) is 5.69 Å². The number of piperidine rings is 1. The molecule has 0 bridgehead atoms. The van der Waals surface area contributed by atoms with E-state index in [4.69, 9.17) is 5.10 Å². The summed E-state index contributed by atoms with van der Waals surface area (Å²) < 4.78 is 1.78. The summed E-state index contributed by atoms with van der Waals surface area (Å²) in [6.45, 7) is 2.75. The summed E-state index contributed by atoms with van der Waals surface area (Å²) in [5.41, 5.74) is 2.31. The molecule has 1 unspecified atom stereocenters. The van der Waals surface area contributed by atoms with Crippen molar-refractivity contribution in [1.29, 1.82) is 0 Å². The van der Waals surface area contributed by atoms with Gasteiger partial charge in [0.25, 0.3) is 5.91 Å². The molecular formula is C20H23ClN4OS. The van der Waals surface area contributed by atoms with Gasteiger partial charge in [-0.25, -0.2) is 4.68 Å². The molecular weight excluding hydrogens is 380 g/mol. The molecule has 1 aromatic carbocycles. The molecule has 7 heteroatoms. The van der Waals surface area contributed by atoms with Gasteiger partial charge in [0.05, 0.1) is 16.1 Å². The van der Waals surface area contributed by atoms with Gasteiger partial charge >= 0.3 is 0 Å². The first-order valence-corrected chi connectivity index (χ1v) is 9.87. The second kappa shape index (κ2) is 9.17. The molecule has 1 aliphatic rings. The van der Waals surface area contributed by atoms with E-state index in [2.05, 4.69) is 10.6 Å². The van der Waals surface area contributed by atoms with Crippen LogP contribution in [0.2, 0.25) is 0 Å². The number of carbonyl (C=O) groups excluding carboxylic acids is 1. The van der Waals surface area contributed by atoms with Crippen molar-refractivity contribution in [3.8, 4) is 16.3 Å². The molecule has 1 saturated heterocycles. The third-order valence-electron chi connectivity index (χ3n) is 4.68. The summed E-state index contributed by atoms with van der Waals surface area (Å²) >= 11 is 1.60. The first kappa shape index (κ1) is 19.6. The van der Waals surface area contributed by atoms with Crippen molar-refractivity contribution in [3.05, 3.63) is 59.6 Å². The summed E-state index contributed by atoms with van der Waals surface area (Å²) in [6.07, 6.45) is 4.17. The summed E-state index contributed by atoms with van der Waals surface area (Å²) in [5.74, 6) is 0.447. The van der Waals surface area contributed by atoms with Crippen LogP contribution < -0.4 is 10.6 Å². The molecule has 0 radical (unpaired) electrons. The largest absolute Gasteiger partial charge is 0.352 e.